The molecule has 5 nitrogen and oxygen atoms in total. The fourth-order valence-electron chi connectivity index (χ4n) is 2.29. The third-order valence-corrected chi connectivity index (χ3v) is 3.04. The van der Waals surface area contributed by atoms with Gasteiger partial charge in [-0.3, -0.25) is 0 Å². The lowest BCUT2D eigenvalue weighted by Crippen LogP contribution is -2.63. The van der Waals surface area contributed by atoms with Crippen molar-refractivity contribution in [3.63, 3.8) is 0 Å². The van der Waals surface area contributed by atoms with Crippen molar-refractivity contribution < 1.29 is 19.1 Å². The van der Waals surface area contributed by atoms with Crippen LogP contribution in [-0.2, 0) is 14.3 Å². The normalized spacial score (nSPS) is 26.8. The van der Waals surface area contributed by atoms with Crippen molar-refractivity contribution in [3.05, 3.63) is 0 Å². The second-order valence-corrected chi connectivity index (χ2v) is 5.93. The fourth-order valence-corrected chi connectivity index (χ4v) is 2.29. The summed E-state index contributed by atoms with van der Waals surface area (Å²) in [7, 11) is 0. The summed E-state index contributed by atoms with van der Waals surface area (Å²) in [5, 5.41) is 0. The molecule has 2 saturated heterocycles. The molecule has 0 aliphatic carbocycles. The van der Waals surface area contributed by atoms with Crippen molar-refractivity contribution in [2.24, 2.45) is 5.92 Å². The third kappa shape index (κ3) is 2.60. The van der Waals surface area contributed by atoms with E-state index < -0.39 is 5.60 Å². The second kappa shape index (κ2) is 3.98. The zero-order valence-corrected chi connectivity index (χ0v) is 10.6. The van der Waals surface area contributed by atoms with E-state index in [1.54, 1.807) is 4.90 Å². The van der Waals surface area contributed by atoms with Crippen LogP contribution in [0.5, 0.6) is 0 Å². The molecule has 1 amide bonds. The van der Waals surface area contributed by atoms with Gasteiger partial charge in [-0.2, -0.15) is 0 Å². The number of ether oxygens (including phenoxy) is 2. The molecule has 2 fully saturated rings. The van der Waals surface area contributed by atoms with E-state index in [-0.39, 0.29) is 17.6 Å². The molecule has 96 valence electrons. The van der Waals surface area contributed by atoms with E-state index in [2.05, 4.69) is 0 Å². The van der Waals surface area contributed by atoms with E-state index in [4.69, 9.17) is 9.47 Å². The maximum absolute atomic E-state index is 11.7. The molecule has 1 unspecified atom stereocenters. The molecule has 0 bridgehead atoms. The van der Waals surface area contributed by atoms with Crippen LogP contribution in [0.3, 0.4) is 0 Å². The summed E-state index contributed by atoms with van der Waals surface area (Å²) < 4.78 is 10.9. The summed E-state index contributed by atoms with van der Waals surface area (Å²) in [6, 6.07) is 0. The van der Waals surface area contributed by atoms with Gasteiger partial charge in [-0.15, -0.1) is 0 Å². The smallest absolute Gasteiger partial charge is 0.410 e. The van der Waals surface area contributed by atoms with E-state index in [0.29, 0.717) is 19.7 Å². The van der Waals surface area contributed by atoms with Crippen LogP contribution in [0.2, 0.25) is 0 Å². The zero-order valence-electron chi connectivity index (χ0n) is 10.6. The Morgan fingerprint density at radius 1 is 1.47 bits per heavy atom. The van der Waals surface area contributed by atoms with Crippen LogP contribution < -0.4 is 0 Å². The fraction of sp³-hybridized carbons (Fsp3) is 0.833. The molecule has 2 heterocycles. The molecule has 2 aliphatic heterocycles. The molecule has 2 rings (SSSR count). The minimum Gasteiger partial charge on any atom is -0.444 e. The second-order valence-electron chi connectivity index (χ2n) is 5.93. The highest BCUT2D eigenvalue weighted by Crippen LogP contribution is 2.37. The summed E-state index contributed by atoms with van der Waals surface area (Å²) in [6.45, 7) is 7.07. The van der Waals surface area contributed by atoms with Gasteiger partial charge in [0.2, 0.25) is 0 Å². The molecule has 0 aromatic carbocycles. The van der Waals surface area contributed by atoms with Crippen LogP contribution in [0.1, 0.15) is 27.2 Å². The van der Waals surface area contributed by atoms with E-state index >= 15 is 0 Å². The maximum Gasteiger partial charge on any atom is 0.410 e. The molecular weight excluding hydrogens is 222 g/mol. The monoisotopic (exact) mass is 241 g/mol. The lowest BCUT2D eigenvalue weighted by atomic mass is 9.88. The van der Waals surface area contributed by atoms with Crippen LogP contribution in [0.15, 0.2) is 0 Å². The summed E-state index contributed by atoms with van der Waals surface area (Å²) in [4.78, 5) is 24.0. The average molecular weight is 241 g/mol. The lowest BCUT2D eigenvalue weighted by molar-refractivity contribution is -0.111. The van der Waals surface area contributed by atoms with E-state index in [9.17, 15) is 9.59 Å². The first-order chi connectivity index (χ1) is 7.84. The first-order valence-corrected chi connectivity index (χ1v) is 5.91. The van der Waals surface area contributed by atoms with Crippen molar-refractivity contribution in [2.45, 2.75) is 38.4 Å². The maximum atomic E-state index is 11.7. The standard InChI is InChI=1S/C12H19NO4/c1-11(2,3)17-10(15)13-7-12(8-13)4-9(5-14)6-16-12/h5,9H,4,6-8H2,1-3H3. The van der Waals surface area contributed by atoms with Crippen molar-refractivity contribution in [1.29, 1.82) is 0 Å². The Hall–Kier alpha value is -1.10. The van der Waals surface area contributed by atoms with Crippen molar-refractivity contribution in [1.82, 2.24) is 4.90 Å². The van der Waals surface area contributed by atoms with Crippen LogP contribution in [0, 0.1) is 5.92 Å². The van der Waals surface area contributed by atoms with Gasteiger partial charge in [0.1, 0.15) is 17.5 Å². The summed E-state index contributed by atoms with van der Waals surface area (Å²) in [6.07, 6.45) is 1.35. The molecule has 1 spiro atoms. The highest BCUT2D eigenvalue weighted by molar-refractivity contribution is 5.70. The molecule has 0 saturated carbocycles. The highest BCUT2D eigenvalue weighted by atomic mass is 16.6. The molecular formula is C12H19NO4. The number of likely N-dealkylation sites (tertiary alicyclic amines) is 1. The molecule has 2 aliphatic rings. The summed E-state index contributed by atoms with van der Waals surface area (Å²) >= 11 is 0. The predicted molar refractivity (Wildman–Crippen MR) is 60.7 cm³/mol. The molecule has 1 atom stereocenters. The first kappa shape index (κ1) is 12.4. The topological polar surface area (TPSA) is 55.8 Å². The van der Waals surface area contributed by atoms with E-state index in [1.807, 2.05) is 20.8 Å². The SMILES string of the molecule is CC(C)(C)OC(=O)N1CC2(CC(C=O)CO2)C1. The number of hydrogen-bond donors (Lipinski definition) is 0. The molecule has 0 radical (unpaired) electrons. The van der Waals surface area contributed by atoms with Gasteiger partial charge in [-0.05, 0) is 27.2 Å². The van der Waals surface area contributed by atoms with Gasteiger partial charge in [0.05, 0.1) is 19.7 Å². The quantitative estimate of drug-likeness (QED) is 0.647. The molecule has 5 heteroatoms. The van der Waals surface area contributed by atoms with Gasteiger partial charge >= 0.3 is 6.09 Å². The van der Waals surface area contributed by atoms with Crippen molar-refractivity contribution in [3.8, 4) is 0 Å². The Kier molecular flexibility index (Phi) is 2.89. The predicted octanol–water partition coefficient (Wildman–Crippen LogP) is 1.21. The van der Waals surface area contributed by atoms with Gasteiger partial charge in [0, 0.05) is 5.92 Å². The van der Waals surface area contributed by atoms with Gasteiger partial charge in [0.25, 0.3) is 0 Å². The third-order valence-electron chi connectivity index (χ3n) is 3.04. The van der Waals surface area contributed by atoms with Crippen molar-refractivity contribution >= 4 is 12.4 Å². The van der Waals surface area contributed by atoms with Gasteiger partial charge < -0.3 is 19.2 Å². The van der Waals surface area contributed by atoms with Crippen LogP contribution in [0.25, 0.3) is 0 Å². The first-order valence-electron chi connectivity index (χ1n) is 5.91. The number of aldehydes is 1. The number of rotatable bonds is 1. The Morgan fingerprint density at radius 2 is 2.12 bits per heavy atom. The molecule has 0 aromatic heterocycles. The van der Waals surface area contributed by atoms with Gasteiger partial charge in [-0.25, -0.2) is 4.79 Å². The van der Waals surface area contributed by atoms with Gasteiger partial charge in [0.15, 0.2) is 0 Å². The molecule has 0 N–H and O–H groups in total. The minimum atomic E-state index is -0.471. The number of carbonyl (C=O) groups excluding carboxylic acids is 2. The average Bonchev–Trinajstić information content (AvgIpc) is 2.56. The number of hydrogen-bond acceptors (Lipinski definition) is 4. The zero-order chi connectivity index (χ0) is 12.7. The number of nitrogens with zero attached hydrogens (tertiary/aromatic N) is 1. The van der Waals surface area contributed by atoms with Gasteiger partial charge in [-0.1, -0.05) is 0 Å². The summed E-state index contributed by atoms with van der Waals surface area (Å²) in [5.41, 5.74) is -0.760. The molecule has 17 heavy (non-hydrogen) atoms. The summed E-state index contributed by atoms with van der Waals surface area (Å²) in [5.74, 6) is -0.0178. The molecule has 0 aromatic rings. The minimum absolute atomic E-state index is 0.0178. The van der Waals surface area contributed by atoms with Crippen LogP contribution in [-0.4, -0.2) is 48.2 Å². The van der Waals surface area contributed by atoms with E-state index in [1.165, 1.54) is 0 Å². The number of amides is 1. The van der Waals surface area contributed by atoms with Crippen LogP contribution in [0.4, 0.5) is 4.79 Å². The Balaban J connectivity index is 1.83. The highest BCUT2D eigenvalue weighted by Gasteiger charge is 2.52. The Labute approximate surface area is 101 Å². The van der Waals surface area contributed by atoms with Crippen LogP contribution >= 0.6 is 0 Å². The number of carbonyl (C=O) groups is 2. The lowest BCUT2D eigenvalue weighted by Gasteiger charge is -2.46. The van der Waals surface area contributed by atoms with Crippen molar-refractivity contribution in [2.75, 3.05) is 19.7 Å². The van der Waals surface area contributed by atoms with E-state index in [0.717, 1.165) is 12.7 Å². The Morgan fingerprint density at radius 3 is 2.59 bits per heavy atom. The largest absolute Gasteiger partial charge is 0.444 e. The Bertz CT molecular complexity index is 328.